The summed E-state index contributed by atoms with van der Waals surface area (Å²) >= 11 is 0. The normalized spacial score (nSPS) is 15.6. The summed E-state index contributed by atoms with van der Waals surface area (Å²) < 4.78 is 10.8. The smallest absolute Gasteiger partial charge is 0.310 e. The third-order valence-electron chi connectivity index (χ3n) is 4.01. The van der Waals surface area contributed by atoms with Crippen LogP contribution in [0.1, 0.15) is 6.92 Å². The topological polar surface area (TPSA) is 111 Å². The highest BCUT2D eigenvalue weighted by Gasteiger charge is 2.29. The Morgan fingerprint density at radius 2 is 2.07 bits per heavy atom. The van der Waals surface area contributed by atoms with E-state index in [0.717, 1.165) is 0 Å². The van der Waals surface area contributed by atoms with E-state index in [-0.39, 0.29) is 17.3 Å². The molecule has 0 aliphatic carbocycles. The molecule has 1 atom stereocenters. The van der Waals surface area contributed by atoms with Crippen LogP contribution in [0.25, 0.3) is 0 Å². The molecule has 0 radical (unpaired) electrons. The van der Waals surface area contributed by atoms with Crippen molar-refractivity contribution in [1.29, 1.82) is 0 Å². The number of hydrogen-bond donors (Lipinski definition) is 1. The zero-order valence-electron chi connectivity index (χ0n) is 14.7. The molecule has 27 heavy (non-hydrogen) atoms. The number of fused-ring (bicyclic) bond motifs is 1. The van der Waals surface area contributed by atoms with Gasteiger partial charge in [-0.25, -0.2) is 0 Å². The summed E-state index contributed by atoms with van der Waals surface area (Å²) in [5, 5.41) is 13.6. The Morgan fingerprint density at radius 3 is 2.81 bits per heavy atom. The van der Waals surface area contributed by atoms with Crippen molar-refractivity contribution < 1.29 is 24.0 Å². The second-order valence-corrected chi connectivity index (χ2v) is 5.90. The minimum absolute atomic E-state index is 0.0100. The monoisotopic (exact) mass is 371 g/mol. The first-order valence-electron chi connectivity index (χ1n) is 8.11. The Balaban J connectivity index is 1.67. The molecule has 9 heteroatoms. The molecule has 2 aromatic rings. The number of carbonyl (C=O) groups excluding carboxylic acids is 2. The molecular weight excluding hydrogens is 354 g/mol. The van der Waals surface area contributed by atoms with Crippen LogP contribution in [0.3, 0.4) is 0 Å². The molecule has 0 saturated carbocycles. The van der Waals surface area contributed by atoms with Gasteiger partial charge in [0.1, 0.15) is 5.75 Å². The lowest BCUT2D eigenvalue weighted by atomic mass is 10.2. The van der Waals surface area contributed by atoms with Crippen LogP contribution >= 0.6 is 0 Å². The van der Waals surface area contributed by atoms with E-state index in [2.05, 4.69) is 5.32 Å². The quantitative estimate of drug-likeness (QED) is 0.638. The molecule has 2 amide bonds. The lowest BCUT2D eigenvalue weighted by Gasteiger charge is -2.30. The minimum atomic E-state index is -0.579. The van der Waals surface area contributed by atoms with Crippen LogP contribution in [0, 0.1) is 10.1 Å². The van der Waals surface area contributed by atoms with E-state index in [1.165, 1.54) is 23.1 Å². The third kappa shape index (κ3) is 3.81. The number of carbonyl (C=O) groups is 2. The van der Waals surface area contributed by atoms with Gasteiger partial charge in [0.25, 0.3) is 11.8 Å². The highest BCUT2D eigenvalue weighted by Crippen LogP contribution is 2.35. The molecule has 1 aliphatic heterocycles. The number of nitrogens with one attached hydrogen (secondary N) is 1. The van der Waals surface area contributed by atoms with Crippen molar-refractivity contribution in [2.24, 2.45) is 0 Å². The van der Waals surface area contributed by atoms with Gasteiger partial charge in [-0.1, -0.05) is 12.1 Å². The van der Waals surface area contributed by atoms with Crippen LogP contribution in [0.15, 0.2) is 42.5 Å². The Hall–Kier alpha value is -3.62. The molecule has 3 rings (SSSR count). The number of benzene rings is 2. The van der Waals surface area contributed by atoms with Gasteiger partial charge in [0.2, 0.25) is 0 Å². The molecule has 0 fully saturated rings. The van der Waals surface area contributed by atoms with Crippen LogP contribution < -0.4 is 19.7 Å². The number of likely N-dealkylation sites (N-methyl/N-ethyl adjacent to an activating group) is 1. The summed E-state index contributed by atoms with van der Waals surface area (Å²) in [7, 11) is 1.63. The summed E-state index contributed by atoms with van der Waals surface area (Å²) in [6, 6.07) is 10.7. The summed E-state index contributed by atoms with van der Waals surface area (Å²) in [6.07, 6.45) is -0.571. The molecule has 1 aliphatic rings. The SMILES string of the molecule is C[C@@H]1Oc2ccc(NC(=O)COc3ccccc3[N+](=O)[O-])cc2N(C)C1=O. The maximum Gasteiger partial charge on any atom is 0.310 e. The summed E-state index contributed by atoms with van der Waals surface area (Å²) in [5.41, 5.74) is 0.767. The Kier molecular flexibility index (Phi) is 4.93. The van der Waals surface area contributed by atoms with Crippen molar-refractivity contribution in [1.82, 2.24) is 0 Å². The molecule has 0 saturated heterocycles. The van der Waals surface area contributed by atoms with Crippen molar-refractivity contribution in [2.75, 3.05) is 23.9 Å². The van der Waals surface area contributed by atoms with Crippen molar-refractivity contribution >= 4 is 28.9 Å². The van der Waals surface area contributed by atoms with Crippen molar-refractivity contribution in [3.05, 3.63) is 52.6 Å². The number of nitro benzene ring substituents is 1. The van der Waals surface area contributed by atoms with E-state index >= 15 is 0 Å². The zero-order valence-corrected chi connectivity index (χ0v) is 14.7. The van der Waals surface area contributed by atoms with Crippen LogP contribution in [0.4, 0.5) is 17.1 Å². The Bertz CT molecular complexity index is 914. The van der Waals surface area contributed by atoms with E-state index in [0.29, 0.717) is 17.1 Å². The Morgan fingerprint density at radius 1 is 1.33 bits per heavy atom. The number of anilines is 2. The molecule has 2 aromatic carbocycles. The first-order chi connectivity index (χ1) is 12.9. The minimum Gasteiger partial charge on any atom is -0.479 e. The standard InChI is InChI=1S/C18H17N3O6/c1-11-18(23)20(2)14-9-12(7-8-16(14)27-11)19-17(22)10-26-15-6-4-3-5-13(15)21(24)25/h3-9,11H,10H2,1-2H3,(H,19,22)/t11-/m0/s1. The fourth-order valence-electron chi connectivity index (χ4n) is 2.66. The molecule has 1 heterocycles. The summed E-state index contributed by atoms with van der Waals surface area (Å²) in [6.45, 7) is 1.27. The van der Waals surface area contributed by atoms with Gasteiger partial charge in [0, 0.05) is 18.8 Å². The van der Waals surface area contributed by atoms with E-state index < -0.39 is 23.5 Å². The number of rotatable bonds is 5. The van der Waals surface area contributed by atoms with E-state index in [1.807, 2.05) is 0 Å². The third-order valence-corrected chi connectivity index (χ3v) is 4.01. The van der Waals surface area contributed by atoms with Gasteiger partial charge in [-0.05, 0) is 31.2 Å². The molecule has 140 valence electrons. The van der Waals surface area contributed by atoms with Crippen LogP contribution in [-0.4, -0.2) is 36.5 Å². The van der Waals surface area contributed by atoms with E-state index in [4.69, 9.17) is 9.47 Å². The van der Waals surface area contributed by atoms with Gasteiger partial charge in [-0.2, -0.15) is 0 Å². The predicted molar refractivity (Wildman–Crippen MR) is 97.2 cm³/mol. The van der Waals surface area contributed by atoms with E-state index in [9.17, 15) is 19.7 Å². The maximum atomic E-state index is 12.1. The van der Waals surface area contributed by atoms with Crippen LogP contribution in [0.5, 0.6) is 11.5 Å². The molecular formula is C18H17N3O6. The zero-order chi connectivity index (χ0) is 19.6. The number of nitrogens with zero attached hydrogens (tertiary/aromatic N) is 2. The second-order valence-electron chi connectivity index (χ2n) is 5.90. The van der Waals surface area contributed by atoms with Gasteiger partial charge < -0.3 is 19.7 Å². The first-order valence-corrected chi connectivity index (χ1v) is 8.11. The largest absolute Gasteiger partial charge is 0.479 e. The van der Waals surface area contributed by atoms with E-state index in [1.54, 1.807) is 38.2 Å². The average molecular weight is 371 g/mol. The number of amides is 2. The first kappa shape index (κ1) is 18.2. The maximum absolute atomic E-state index is 12.1. The lowest BCUT2D eigenvalue weighted by Crippen LogP contribution is -2.42. The molecule has 0 aromatic heterocycles. The van der Waals surface area contributed by atoms with Crippen molar-refractivity contribution in [3.63, 3.8) is 0 Å². The summed E-state index contributed by atoms with van der Waals surface area (Å²) in [5.74, 6) is -0.132. The fraction of sp³-hybridized carbons (Fsp3) is 0.222. The highest BCUT2D eigenvalue weighted by molar-refractivity contribution is 6.00. The fourth-order valence-corrected chi connectivity index (χ4v) is 2.66. The summed E-state index contributed by atoms with van der Waals surface area (Å²) in [4.78, 5) is 36.0. The van der Waals surface area contributed by atoms with Crippen molar-refractivity contribution in [3.8, 4) is 11.5 Å². The molecule has 0 unspecified atom stereocenters. The number of para-hydroxylation sites is 2. The second kappa shape index (κ2) is 7.32. The van der Waals surface area contributed by atoms with Crippen LogP contribution in [-0.2, 0) is 9.59 Å². The molecule has 1 N–H and O–H groups in total. The highest BCUT2D eigenvalue weighted by atomic mass is 16.6. The molecule has 0 bridgehead atoms. The molecule has 0 spiro atoms. The number of hydrogen-bond acceptors (Lipinski definition) is 6. The lowest BCUT2D eigenvalue weighted by molar-refractivity contribution is -0.385. The Labute approximate surface area is 154 Å². The number of nitro groups is 1. The van der Waals surface area contributed by atoms with Crippen LogP contribution in [0.2, 0.25) is 0 Å². The van der Waals surface area contributed by atoms with Gasteiger partial charge in [-0.15, -0.1) is 0 Å². The van der Waals surface area contributed by atoms with Crippen molar-refractivity contribution in [2.45, 2.75) is 13.0 Å². The predicted octanol–water partition coefficient (Wildman–Crippen LogP) is 2.36. The van der Waals surface area contributed by atoms with Gasteiger partial charge in [-0.3, -0.25) is 19.7 Å². The molecule has 9 nitrogen and oxygen atoms in total. The van der Waals surface area contributed by atoms with Gasteiger partial charge in [0.05, 0.1) is 10.6 Å². The van der Waals surface area contributed by atoms with Gasteiger partial charge in [0.15, 0.2) is 18.5 Å². The number of ether oxygens (including phenoxy) is 2. The average Bonchev–Trinajstić information content (AvgIpc) is 2.65. The van der Waals surface area contributed by atoms with Gasteiger partial charge >= 0.3 is 5.69 Å².